The molecule has 0 aromatic rings. The minimum Gasteiger partial charge on any atom is -0.335 e. The molecule has 0 aromatic heterocycles. The van der Waals surface area contributed by atoms with Crippen molar-refractivity contribution in [2.45, 2.75) is 59.3 Å². The highest BCUT2D eigenvalue weighted by atomic mass is 19.1. The van der Waals surface area contributed by atoms with Crippen LogP contribution in [-0.2, 0) is 0 Å². The zero-order chi connectivity index (χ0) is 17.1. The normalized spacial score (nSPS) is 10.0. The molecule has 0 unspecified atom stereocenters. The number of unbranched alkanes of at least 4 members (excludes halogenated alkanes) is 5. The number of rotatable bonds is 12. The average Bonchev–Trinajstić information content (AvgIpc) is 2.55. The monoisotopic (exact) mass is 314 g/mol. The fraction of sp³-hybridized carbons (Fsp3) is 0.722. The second kappa shape index (κ2) is 19.7. The fourth-order valence-electron chi connectivity index (χ4n) is 1.91. The van der Waals surface area contributed by atoms with Gasteiger partial charge in [0.1, 0.15) is 0 Å². The van der Waals surface area contributed by atoms with Crippen LogP contribution < -0.4 is 5.32 Å². The lowest BCUT2D eigenvalue weighted by Gasteiger charge is -2.21. The van der Waals surface area contributed by atoms with Crippen molar-refractivity contribution in [1.82, 2.24) is 10.2 Å². The Morgan fingerprint density at radius 3 is 2.27 bits per heavy atom. The van der Waals surface area contributed by atoms with Gasteiger partial charge in [-0.2, -0.15) is 0 Å². The first-order valence-electron chi connectivity index (χ1n) is 8.57. The highest BCUT2D eigenvalue weighted by Gasteiger charge is 2.09. The second-order valence-electron chi connectivity index (χ2n) is 4.80. The third-order valence-corrected chi connectivity index (χ3v) is 3.06. The molecule has 130 valence electrons. The predicted octanol–water partition coefficient (Wildman–Crippen LogP) is 5.10. The summed E-state index contributed by atoms with van der Waals surface area (Å²) >= 11 is 0. The summed E-state index contributed by atoms with van der Waals surface area (Å²) in [6.07, 6.45) is 11.5. The van der Waals surface area contributed by atoms with E-state index >= 15 is 0 Å². The Morgan fingerprint density at radius 2 is 1.73 bits per heavy atom. The van der Waals surface area contributed by atoms with Gasteiger partial charge in [-0.3, -0.25) is 4.39 Å². The van der Waals surface area contributed by atoms with E-state index in [-0.39, 0.29) is 12.7 Å². The Hall–Kier alpha value is -1.32. The van der Waals surface area contributed by atoms with Crippen molar-refractivity contribution in [1.29, 1.82) is 0 Å². The lowest BCUT2D eigenvalue weighted by Crippen LogP contribution is -2.40. The SMILES string of the molecule is C=CCN(CCCCCCCCF)C(=O)NC/C=C\C.CC. The molecule has 0 heterocycles. The van der Waals surface area contributed by atoms with Crippen LogP contribution in [0.4, 0.5) is 9.18 Å². The average molecular weight is 314 g/mol. The van der Waals surface area contributed by atoms with E-state index in [2.05, 4.69) is 11.9 Å². The van der Waals surface area contributed by atoms with Crippen LogP contribution in [0, 0.1) is 0 Å². The largest absolute Gasteiger partial charge is 0.335 e. The molecule has 0 atom stereocenters. The molecule has 0 aliphatic carbocycles. The van der Waals surface area contributed by atoms with E-state index in [9.17, 15) is 9.18 Å². The Bertz CT molecular complexity index is 280. The molecular weight excluding hydrogens is 279 g/mol. The summed E-state index contributed by atoms with van der Waals surface area (Å²) in [5.74, 6) is 0. The number of nitrogens with one attached hydrogen (secondary N) is 1. The van der Waals surface area contributed by atoms with Gasteiger partial charge in [-0.15, -0.1) is 6.58 Å². The third-order valence-electron chi connectivity index (χ3n) is 3.06. The lowest BCUT2D eigenvalue weighted by atomic mass is 10.1. The Morgan fingerprint density at radius 1 is 1.14 bits per heavy atom. The zero-order valence-corrected chi connectivity index (χ0v) is 14.7. The van der Waals surface area contributed by atoms with Crippen molar-refractivity contribution >= 4 is 6.03 Å². The third kappa shape index (κ3) is 15.1. The van der Waals surface area contributed by atoms with Gasteiger partial charge < -0.3 is 10.2 Å². The van der Waals surface area contributed by atoms with Gasteiger partial charge in [0.25, 0.3) is 0 Å². The molecule has 22 heavy (non-hydrogen) atoms. The number of amides is 2. The van der Waals surface area contributed by atoms with E-state index < -0.39 is 0 Å². The van der Waals surface area contributed by atoms with Crippen LogP contribution in [0.25, 0.3) is 0 Å². The molecule has 0 spiro atoms. The van der Waals surface area contributed by atoms with Gasteiger partial charge in [-0.1, -0.05) is 57.8 Å². The van der Waals surface area contributed by atoms with E-state index in [1.165, 1.54) is 0 Å². The van der Waals surface area contributed by atoms with Crippen LogP contribution in [0.1, 0.15) is 59.3 Å². The summed E-state index contributed by atoms with van der Waals surface area (Å²) in [4.78, 5) is 13.7. The van der Waals surface area contributed by atoms with Gasteiger partial charge >= 0.3 is 6.03 Å². The quantitative estimate of drug-likeness (QED) is 0.394. The first kappa shape index (κ1) is 23.0. The first-order chi connectivity index (χ1) is 10.8. The number of hydrogen-bond acceptors (Lipinski definition) is 1. The predicted molar refractivity (Wildman–Crippen MR) is 95.0 cm³/mol. The minimum atomic E-state index is -0.209. The standard InChI is InChI=1S/C16H29FN2O.C2H6/c1-3-5-13-18-16(20)19(14-4-2)15-11-9-7-6-8-10-12-17;1-2/h3-5H,2,6-15H2,1H3,(H,18,20);1-2H3/b5-3-;. The van der Waals surface area contributed by atoms with Crippen molar-refractivity contribution in [3.63, 3.8) is 0 Å². The van der Waals surface area contributed by atoms with E-state index in [0.29, 0.717) is 19.5 Å². The van der Waals surface area contributed by atoms with E-state index in [1.54, 1.807) is 11.0 Å². The van der Waals surface area contributed by atoms with Crippen LogP contribution in [0.2, 0.25) is 0 Å². The Labute approximate surface area is 136 Å². The molecule has 0 saturated carbocycles. The summed E-state index contributed by atoms with van der Waals surface area (Å²) in [5, 5.41) is 2.85. The Kier molecular flexibility index (Phi) is 20.5. The van der Waals surface area contributed by atoms with Crippen molar-refractivity contribution in [3.8, 4) is 0 Å². The summed E-state index contributed by atoms with van der Waals surface area (Å²) in [7, 11) is 0. The number of allylic oxidation sites excluding steroid dienone is 1. The van der Waals surface area contributed by atoms with Gasteiger partial charge in [0.15, 0.2) is 0 Å². The molecule has 0 bridgehead atoms. The minimum absolute atomic E-state index is 0.0413. The van der Waals surface area contributed by atoms with Gasteiger partial charge in [0.05, 0.1) is 6.67 Å². The number of nitrogens with zero attached hydrogens (tertiary/aromatic N) is 1. The topological polar surface area (TPSA) is 32.3 Å². The van der Waals surface area contributed by atoms with Gasteiger partial charge in [0, 0.05) is 19.6 Å². The van der Waals surface area contributed by atoms with Gasteiger partial charge in [-0.25, -0.2) is 4.79 Å². The summed E-state index contributed by atoms with van der Waals surface area (Å²) in [6.45, 7) is 11.3. The zero-order valence-electron chi connectivity index (χ0n) is 14.7. The van der Waals surface area contributed by atoms with Crippen molar-refractivity contribution in [2.24, 2.45) is 0 Å². The smallest absolute Gasteiger partial charge is 0.317 e. The molecule has 3 nitrogen and oxygen atoms in total. The molecule has 0 aliphatic heterocycles. The van der Waals surface area contributed by atoms with E-state index in [1.807, 2.05) is 32.9 Å². The Balaban J connectivity index is 0. The first-order valence-corrected chi connectivity index (χ1v) is 8.57. The molecular formula is C18H35FN2O. The van der Waals surface area contributed by atoms with Crippen molar-refractivity contribution in [2.75, 3.05) is 26.3 Å². The fourth-order valence-corrected chi connectivity index (χ4v) is 1.91. The van der Waals surface area contributed by atoms with Crippen LogP contribution in [0.15, 0.2) is 24.8 Å². The number of carbonyl (C=O) groups is 1. The van der Waals surface area contributed by atoms with Crippen molar-refractivity contribution < 1.29 is 9.18 Å². The highest BCUT2D eigenvalue weighted by molar-refractivity contribution is 5.74. The number of carbonyl (C=O) groups excluding carboxylic acids is 1. The molecule has 0 rings (SSSR count). The second-order valence-corrected chi connectivity index (χ2v) is 4.80. The molecule has 0 fully saturated rings. The van der Waals surface area contributed by atoms with Crippen LogP contribution >= 0.6 is 0 Å². The molecule has 4 heteroatoms. The highest BCUT2D eigenvalue weighted by Crippen LogP contribution is 2.06. The van der Waals surface area contributed by atoms with Crippen molar-refractivity contribution in [3.05, 3.63) is 24.8 Å². The van der Waals surface area contributed by atoms with Crippen LogP contribution in [0.3, 0.4) is 0 Å². The molecule has 0 aliphatic rings. The maximum Gasteiger partial charge on any atom is 0.317 e. The molecule has 2 amide bonds. The molecule has 0 saturated heterocycles. The molecule has 0 radical (unpaired) electrons. The van der Waals surface area contributed by atoms with Crippen LogP contribution in [0.5, 0.6) is 0 Å². The maximum absolute atomic E-state index is 11.9. The van der Waals surface area contributed by atoms with Gasteiger partial charge in [-0.05, 0) is 19.8 Å². The van der Waals surface area contributed by atoms with E-state index in [0.717, 1.165) is 38.6 Å². The number of urea groups is 1. The molecule has 0 aromatic carbocycles. The van der Waals surface area contributed by atoms with E-state index in [4.69, 9.17) is 0 Å². The summed E-state index contributed by atoms with van der Waals surface area (Å²) in [5.41, 5.74) is 0. The summed E-state index contributed by atoms with van der Waals surface area (Å²) < 4.78 is 11.9. The molecule has 1 N–H and O–H groups in total. The number of halogens is 1. The van der Waals surface area contributed by atoms with Gasteiger partial charge in [0.2, 0.25) is 0 Å². The summed E-state index contributed by atoms with van der Waals surface area (Å²) in [6, 6.07) is -0.0413. The number of hydrogen-bond donors (Lipinski definition) is 1. The number of alkyl halides is 1. The maximum atomic E-state index is 11.9. The van der Waals surface area contributed by atoms with Crippen LogP contribution in [-0.4, -0.2) is 37.2 Å². The lowest BCUT2D eigenvalue weighted by molar-refractivity contribution is 0.203.